The second kappa shape index (κ2) is 8.83. The highest BCUT2D eigenvalue weighted by Gasteiger charge is 2.58. The normalized spacial score (nSPS) is 27.9. The van der Waals surface area contributed by atoms with E-state index in [0.29, 0.717) is 22.9 Å². The Labute approximate surface area is 212 Å². The molecule has 4 fully saturated rings. The Morgan fingerprint density at radius 1 is 1.29 bits per heavy atom. The maximum atomic E-state index is 14.7. The Balaban J connectivity index is 1.13. The Hall–Kier alpha value is -3.93. The van der Waals surface area contributed by atoms with Gasteiger partial charge in [0.2, 0.25) is 0 Å². The summed E-state index contributed by atoms with van der Waals surface area (Å²) in [5.41, 5.74) is 0.701. The van der Waals surface area contributed by atoms with Crippen LogP contribution in [-0.2, 0) is 16.1 Å². The molecule has 200 valence electrons. The summed E-state index contributed by atoms with van der Waals surface area (Å²) in [5, 5.41) is 26.1. The molecule has 0 radical (unpaired) electrons. The number of hydrogen-bond acceptors (Lipinski definition) is 8. The molecule has 3 aromatic heterocycles. The molecule has 11 nitrogen and oxygen atoms in total. The second-order valence-corrected chi connectivity index (χ2v) is 10.1. The Morgan fingerprint density at radius 2 is 2.08 bits per heavy atom. The zero-order valence-electron chi connectivity index (χ0n) is 19.8. The molecular weight excluding hydrogens is 512 g/mol. The summed E-state index contributed by atoms with van der Waals surface area (Å²) in [6.45, 7) is -0.812. The van der Waals surface area contributed by atoms with Gasteiger partial charge in [0, 0.05) is 23.2 Å². The summed E-state index contributed by atoms with van der Waals surface area (Å²) in [5.74, 6) is 0.839. The van der Waals surface area contributed by atoms with Gasteiger partial charge in [-0.2, -0.15) is 15.5 Å². The minimum Gasteiger partial charge on any atom is -0.443 e. The van der Waals surface area contributed by atoms with Gasteiger partial charge in [0.05, 0.1) is 11.9 Å². The lowest BCUT2D eigenvalue weighted by atomic mass is 9.50. The topological polar surface area (TPSA) is 142 Å². The number of aromatic nitrogens is 5. The number of ether oxygens (including phenoxy) is 2. The molecule has 15 heteroatoms. The fourth-order valence-electron chi connectivity index (χ4n) is 5.48. The van der Waals surface area contributed by atoms with E-state index < -0.39 is 31.3 Å². The third kappa shape index (κ3) is 4.71. The largest absolute Gasteiger partial charge is 0.522 e. The SMILES string of the molecule is N#Cc1cn2nc(COC(F)(F)F)cc2c(Nc2cc([C@H]3C[C@@H](F)[C@@H](OC(=O)NC45CC(C4)C5)C3)[nH]n2)n1. The van der Waals surface area contributed by atoms with Gasteiger partial charge < -0.3 is 15.4 Å². The van der Waals surface area contributed by atoms with Gasteiger partial charge in [0.1, 0.15) is 30.5 Å². The van der Waals surface area contributed by atoms with Crippen molar-refractivity contribution in [3.8, 4) is 6.07 Å². The maximum absolute atomic E-state index is 14.7. The van der Waals surface area contributed by atoms with Crippen LogP contribution < -0.4 is 10.6 Å². The van der Waals surface area contributed by atoms with Crippen LogP contribution in [0.15, 0.2) is 18.3 Å². The third-order valence-corrected chi connectivity index (χ3v) is 7.38. The fraction of sp³-hybridized carbons (Fsp3) is 0.522. The van der Waals surface area contributed by atoms with Gasteiger partial charge in [-0.05, 0) is 44.1 Å². The number of amides is 1. The molecule has 3 atom stereocenters. The summed E-state index contributed by atoms with van der Waals surface area (Å²) in [7, 11) is 0. The van der Waals surface area contributed by atoms with Crippen LogP contribution in [0, 0.1) is 17.2 Å². The van der Waals surface area contributed by atoms with E-state index in [4.69, 9.17) is 4.74 Å². The zero-order valence-corrected chi connectivity index (χ0v) is 19.8. The number of anilines is 2. The van der Waals surface area contributed by atoms with Crippen LogP contribution in [0.25, 0.3) is 5.52 Å². The van der Waals surface area contributed by atoms with E-state index in [0.717, 1.165) is 19.3 Å². The van der Waals surface area contributed by atoms with Gasteiger partial charge in [-0.25, -0.2) is 18.7 Å². The van der Waals surface area contributed by atoms with E-state index in [2.05, 4.69) is 35.7 Å². The molecule has 2 bridgehead atoms. The molecule has 0 saturated heterocycles. The van der Waals surface area contributed by atoms with Gasteiger partial charge in [-0.1, -0.05) is 0 Å². The monoisotopic (exact) mass is 534 g/mol. The predicted octanol–water partition coefficient (Wildman–Crippen LogP) is 3.97. The molecule has 0 spiro atoms. The molecule has 3 aromatic rings. The van der Waals surface area contributed by atoms with Crippen LogP contribution in [0.1, 0.15) is 55.1 Å². The van der Waals surface area contributed by atoms with Crippen molar-refractivity contribution in [1.29, 1.82) is 5.26 Å². The average molecular weight is 534 g/mol. The Bertz CT molecular complexity index is 1410. The first-order chi connectivity index (χ1) is 18.1. The van der Waals surface area contributed by atoms with E-state index in [-0.39, 0.29) is 41.5 Å². The van der Waals surface area contributed by atoms with Crippen LogP contribution in [0.5, 0.6) is 0 Å². The number of aromatic amines is 1. The summed E-state index contributed by atoms with van der Waals surface area (Å²) in [6, 6.07) is 4.86. The minimum atomic E-state index is -4.82. The van der Waals surface area contributed by atoms with Crippen molar-refractivity contribution in [3.63, 3.8) is 0 Å². The standard InChI is InChI=1S/C23H22F4N8O3/c24-15-1-12(2-18(15)38-21(36)31-22-5-11(6-22)7-22)16-4-19(33-32-16)30-20-17-3-13(10-37-23(25,26)27)34-35(17)9-14(8-28)29-20/h3-4,9,11-12,15,18H,1-2,5-7,10H2,(H,31,36)(H2,29,30,32,33)/t11?,12-,15+,18-,22?/m0/s1. The highest BCUT2D eigenvalue weighted by molar-refractivity contribution is 5.73. The lowest BCUT2D eigenvalue weighted by Crippen LogP contribution is -2.68. The molecule has 3 heterocycles. The van der Waals surface area contributed by atoms with Crippen LogP contribution >= 0.6 is 0 Å². The summed E-state index contributed by atoms with van der Waals surface area (Å²) < 4.78 is 62.4. The van der Waals surface area contributed by atoms with Gasteiger partial charge in [-0.3, -0.25) is 9.84 Å². The number of carbonyl (C=O) groups is 1. The average Bonchev–Trinajstić information content (AvgIpc) is 3.52. The molecular formula is C23H22F4N8O3. The van der Waals surface area contributed by atoms with Crippen molar-refractivity contribution in [2.75, 3.05) is 5.32 Å². The van der Waals surface area contributed by atoms with Gasteiger partial charge >= 0.3 is 12.5 Å². The van der Waals surface area contributed by atoms with E-state index in [1.165, 1.54) is 16.8 Å². The summed E-state index contributed by atoms with van der Waals surface area (Å²) in [4.78, 5) is 16.4. The molecule has 0 aliphatic heterocycles. The lowest BCUT2D eigenvalue weighted by molar-refractivity contribution is -0.330. The first-order valence-corrected chi connectivity index (χ1v) is 12.0. The molecule has 4 aliphatic carbocycles. The van der Waals surface area contributed by atoms with Crippen LogP contribution in [0.3, 0.4) is 0 Å². The quantitative estimate of drug-likeness (QED) is 0.387. The first-order valence-electron chi connectivity index (χ1n) is 12.0. The van der Waals surface area contributed by atoms with Gasteiger partial charge in [0.15, 0.2) is 17.3 Å². The smallest absolute Gasteiger partial charge is 0.443 e. The number of H-pyrrole nitrogens is 1. The third-order valence-electron chi connectivity index (χ3n) is 7.38. The number of fused-ring (bicyclic) bond motifs is 1. The van der Waals surface area contributed by atoms with Crippen LogP contribution in [0.4, 0.5) is 34.0 Å². The van der Waals surface area contributed by atoms with E-state index >= 15 is 0 Å². The fourth-order valence-corrected chi connectivity index (χ4v) is 5.48. The maximum Gasteiger partial charge on any atom is 0.522 e. The molecule has 1 amide bonds. The van der Waals surface area contributed by atoms with E-state index in [1.807, 2.05) is 6.07 Å². The number of nitrogens with one attached hydrogen (secondary N) is 3. The number of nitriles is 1. The summed E-state index contributed by atoms with van der Waals surface area (Å²) >= 11 is 0. The molecule has 0 aromatic carbocycles. The number of carbonyl (C=O) groups excluding carboxylic acids is 1. The van der Waals surface area contributed by atoms with Gasteiger partial charge in [0.25, 0.3) is 0 Å². The highest BCUT2D eigenvalue weighted by atomic mass is 19.4. The van der Waals surface area contributed by atoms with Crippen molar-refractivity contribution in [2.24, 2.45) is 5.92 Å². The number of alkyl halides is 4. The number of hydrogen-bond donors (Lipinski definition) is 3. The summed E-state index contributed by atoms with van der Waals surface area (Å²) in [6.07, 6.45) is -3.03. The number of nitrogens with zero attached hydrogens (tertiary/aromatic N) is 5. The predicted molar refractivity (Wildman–Crippen MR) is 121 cm³/mol. The molecule has 0 unspecified atom stereocenters. The van der Waals surface area contributed by atoms with E-state index in [1.54, 1.807) is 6.07 Å². The van der Waals surface area contributed by atoms with Gasteiger partial charge in [-0.15, -0.1) is 13.2 Å². The second-order valence-electron chi connectivity index (χ2n) is 10.1. The number of halogens is 4. The zero-order chi connectivity index (χ0) is 26.7. The molecule has 4 saturated carbocycles. The lowest BCUT2D eigenvalue weighted by Gasteiger charge is -2.61. The van der Waals surface area contributed by atoms with Crippen molar-refractivity contribution in [3.05, 3.63) is 35.4 Å². The molecule has 38 heavy (non-hydrogen) atoms. The van der Waals surface area contributed by atoms with Crippen LogP contribution in [0.2, 0.25) is 0 Å². The first kappa shape index (κ1) is 24.4. The van der Waals surface area contributed by atoms with Crippen molar-refractivity contribution < 1.29 is 31.8 Å². The highest BCUT2D eigenvalue weighted by Crippen LogP contribution is 2.57. The minimum absolute atomic E-state index is 0.0194. The van der Waals surface area contributed by atoms with Crippen LogP contribution in [-0.4, -0.2) is 55.1 Å². The van der Waals surface area contributed by atoms with Crippen molar-refractivity contribution >= 4 is 23.2 Å². The van der Waals surface area contributed by atoms with Crippen molar-refractivity contribution in [1.82, 2.24) is 30.1 Å². The molecule has 3 N–H and O–H groups in total. The number of rotatable bonds is 7. The Kier molecular flexibility index (Phi) is 5.67. The van der Waals surface area contributed by atoms with E-state index in [9.17, 15) is 27.6 Å². The van der Waals surface area contributed by atoms with Crippen molar-refractivity contribution in [2.45, 2.75) is 68.8 Å². The molecule has 4 aliphatic rings. The number of alkyl carbamates (subject to hydrolysis) is 1. The molecule has 7 rings (SSSR count). The Morgan fingerprint density at radius 3 is 2.76 bits per heavy atom.